The quantitative estimate of drug-likeness (QED) is 0.637. The summed E-state index contributed by atoms with van der Waals surface area (Å²) in [6.07, 6.45) is 2.00. The van der Waals surface area contributed by atoms with Gasteiger partial charge in [-0.25, -0.2) is 9.59 Å². The molecule has 0 saturated carbocycles. The average molecular weight is 363 g/mol. The van der Waals surface area contributed by atoms with Crippen LogP contribution in [0.5, 0.6) is 0 Å². The van der Waals surface area contributed by atoms with E-state index >= 15 is 0 Å². The van der Waals surface area contributed by atoms with Crippen LogP contribution in [0.25, 0.3) is 0 Å². The zero-order chi connectivity index (χ0) is 17.7. The monoisotopic (exact) mass is 363 g/mol. The van der Waals surface area contributed by atoms with E-state index in [1.807, 2.05) is 4.90 Å². The Bertz CT molecular complexity index is 622. The number of carbonyl (C=O) groups is 2. The van der Waals surface area contributed by atoms with Crippen molar-refractivity contribution in [1.82, 2.24) is 15.5 Å². The molecule has 2 aliphatic heterocycles. The first-order valence-corrected chi connectivity index (χ1v) is 9.74. The van der Waals surface area contributed by atoms with Gasteiger partial charge in [-0.05, 0) is 31.9 Å². The molecule has 1 aromatic rings. The second-order valence-electron chi connectivity index (χ2n) is 6.66. The molecule has 0 aliphatic carbocycles. The van der Waals surface area contributed by atoms with Crippen LogP contribution in [0, 0.1) is 6.92 Å². The van der Waals surface area contributed by atoms with E-state index in [1.165, 1.54) is 10.5 Å². The molecule has 1 atom stereocenters. The summed E-state index contributed by atoms with van der Waals surface area (Å²) in [6, 6.07) is 8.37. The molecule has 7 heteroatoms. The fraction of sp³-hybridized carbons (Fsp3) is 0.556. The van der Waals surface area contributed by atoms with Crippen molar-refractivity contribution in [2.24, 2.45) is 0 Å². The number of carbonyl (C=O) groups excluding carboxylic acids is 2. The summed E-state index contributed by atoms with van der Waals surface area (Å²) in [7, 11) is 0. The molecule has 136 valence electrons. The number of likely N-dealkylation sites (tertiary alicyclic amines) is 1. The fourth-order valence-corrected chi connectivity index (χ4v) is 3.99. The first-order valence-electron chi connectivity index (χ1n) is 8.75. The Balaban J connectivity index is 1.39. The van der Waals surface area contributed by atoms with Crippen LogP contribution in [-0.4, -0.2) is 54.6 Å². The zero-order valence-electron chi connectivity index (χ0n) is 14.5. The van der Waals surface area contributed by atoms with Gasteiger partial charge < -0.3 is 20.3 Å². The Morgan fingerprint density at radius 2 is 2.12 bits per heavy atom. The summed E-state index contributed by atoms with van der Waals surface area (Å²) in [4.78, 5) is 26.7. The van der Waals surface area contributed by atoms with Crippen molar-refractivity contribution in [2.45, 2.75) is 36.7 Å². The van der Waals surface area contributed by atoms with E-state index in [1.54, 1.807) is 11.8 Å². The number of amides is 3. The normalized spacial score (nSPS) is 23.1. The summed E-state index contributed by atoms with van der Waals surface area (Å²) in [5, 5.41) is 5.72. The molecule has 3 rings (SSSR count). The van der Waals surface area contributed by atoms with Crippen molar-refractivity contribution >= 4 is 23.9 Å². The van der Waals surface area contributed by atoms with Crippen LogP contribution in [0.4, 0.5) is 9.59 Å². The molecule has 2 N–H and O–H groups in total. The van der Waals surface area contributed by atoms with Crippen molar-refractivity contribution in [3.63, 3.8) is 0 Å². The van der Waals surface area contributed by atoms with Gasteiger partial charge in [-0.2, -0.15) is 0 Å². The van der Waals surface area contributed by atoms with Gasteiger partial charge in [-0.3, -0.25) is 0 Å². The number of hydrogen-bond donors (Lipinski definition) is 2. The van der Waals surface area contributed by atoms with Gasteiger partial charge in [0.15, 0.2) is 0 Å². The van der Waals surface area contributed by atoms with E-state index in [0.29, 0.717) is 32.6 Å². The van der Waals surface area contributed by atoms with Gasteiger partial charge in [0, 0.05) is 36.7 Å². The third-order valence-electron chi connectivity index (χ3n) is 4.72. The third kappa shape index (κ3) is 4.81. The Kier molecular flexibility index (Phi) is 5.73. The van der Waals surface area contributed by atoms with Gasteiger partial charge in [0.1, 0.15) is 5.60 Å². The molecule has 2 saturated heterocycles. The fourth-order valence-electron chi connectivity index (χ4n) is 3.22. The van der Waals surface area contributed by atoms with Gasteiger partial charge in [-0.15, -0.1) is 11.8 Å². The van der Waals surface area contributed by atoms with Crippen molar-refractivity contribution < 1.29 is 14.3 Å². The number of benzene rings is 1. The lowest BCUT2D eigenvalue weighted by atomic mass is 9.95. The van der Waals surface area contributed by atoms with Crippen molar-refractivity contribution in [3.05, 3.63) is 29.8 Å². The first kappa shape index (κ1) is 17.9. The topological polar surface area (TPSA) is 70.7 Å². The van der Waals surface area contributed by atoms with E-state index in [0.717, 1.165) is 18.6 Å². The number of urea groups is 1. The van der Waals surface area contributed by atoms with Crippen LogP contribution >= 0.6 is 11.8 Å². The minimum atomic E-state index is -0.423. The van der Waals surface area contributed by atoms with Crippen molar-refractivity contribution in [3.8, 4) is 0 Å². The van der Waals surface area contributed by atoms with E-state index < -0.39 is 5.60 Å². The molecular formula is C18H25N3O3S. The van der Waals surface area contributed by atoms with Gasteiger partial charge in [0.05, 0.1) is 6.54 Å². The molecule has 2 fully saturated rings. The Labute approximate surface area is 152 Å². The highest BCUT2D eigenvalue weighted by Gasteiger charge is 2.41. The molecule has 2 heterocycles. The number of aryl methyl sites for hydroxylation is 1. The van der Waals surface area contributed by atoms with E-state index in [9.17, 15) is 9.59 Å². The molecule has 0 aromatic heterocycles. The van der Waals surface area contributed by atoms with Crippen LogP contribution in [0.15, 0.2) is 29.2 Å². The number of nitrogens with one attached hydrogen (secondary N) is 2. The summed E-state index contributed by atoms with van der Waals surface area (Å²) in [5.74, 6) is 0.841. The van der Waals surface area contributed by atoms with Gasteiger partial charge in [-0.1, -0.05) is 17.7 Å². The Morgan fingerprint density at radius 3 is 2.84 bits per heavy atom. The molecule has 3 amide bonds. The van der Waals surface area contributed by atoms with Crippen molar-refractivity contribution in [1.29, 1.82) is 0 Å². The van der Waals surface area contributed by atoms with Crippen LogP contribution in [0.2, 0.25) is 0 Å². The second kappa shape index (κ2) is 7.99. The van der Waals surface area contributed by atoms with Crippen LogP contribution < -0.4 is 10.6 Å². The number of nitrogens with zero attached hydrogens (tertiary/aromatic N) is 1. The number of alkyl carbamates (subject to hydrolysis) is 1. The first-order chi connectivity index (χ1) is 12.1. The highest BCUT2D eigenvalue weighted by molar-refractivity contribution is 7.99. The molecule has 1 aromatic carbocycles. The number of hydrogen-bond acceptors (Lipinski definition) is 4. The van der Waals surface area contributed by atoms with E-state index in [4.69, 9.17) is 4.74 Å². The molecule has 25 heavy (non-hydrogen) atoms. The second-order valence-corrected chi connectivity index (χ2v) is 7.83. The smallest absolute Gasteiger partial charge is 0.407 e. The minimum absolute atomic E-state index is 0.0289. The molecule has 0 bridgehead atoms. The minimum Gasteiger partial charge on any atom is -0.441 e. The van der Waals surface area contributed by atoms with Gasteiger partial charge in [0.2, 0.25) is 0 Å². The van der Waals surface area contributed by atoms with Crippen LogP contribution in [0.1, 0.15) is 24.8 Å². The highest BCUT2D eigenvalue weighted by Crippen LogP contribution is 2.29. The maximum atomic E-state index is 12.4. The summed E-state index contributed by atoms with van der Waals surface area (Å²) in [5.41, 5.74) is 0.827. The molecule has 0 unspecified atom stereocenters. The number of ether oxygens (including phenoxy) is 1. The summed E-state index contributed by atoms with van der Waals surface area (Å²) < 4.78 is 5.44. The van der Waals surface area contributed by atoms with Crippen LogP contribution in [0.3, 0.4) is 0 Å². The maximum absolute atomic E-state index is 12.4. The molecule has 6 nitrogen and oxygen atoms in total. The van der Waals surface area contributed by atoms with Gasteiger partial charge >= 0.3 is 12.1 Å². The Morgan fingerprint density at radius 1 is 1.32 bits per heavy atom. The Hall–Kier alpha value is -1.89. The summed E-state index contributed by atoms with van der Waals surface area (Å²) >= 11 is 1.74. The molecule has 0 radical (unpaired) electrons. The number of thioether (sulfide) groups is 1. The largest absolute Gasteiger partial charge is 0.441 e. The zero-order valence-corrected chi connectivity index (χ0v) is 15.4. The lowest BCUT2D eigenvalue weighted by Crippen LogP contribution is -2.42. The SMILES string of the molecule is Cc1ccc(SCCNC(=O)N2CCC[C@]3(CC2)CNC(=O)O3)cc1. The lowest BCUT2D eigenvalue weighted by Gasteiger charge is -2.25. The average Bonchev–Trinajstić information content (AvgIpc) is 2.84. The van der Waals surface area contributed by atoms with Crippen molar-refractivity contribution in [2.75, 3.05) is 31.9 Å². The van der Waals surface area contributed by atoms with E-state index in [-0.39, 0.29) is 12.1 Å². The van der Waals surface area contributed by atoms with E-state index in [2.05, 4.69) is 41.8 Å². The predicted octanol–water partition coefficient (Wildman–Crippen LogP) is 2.76. The maximum Gasteiger partial charge on any atom is 0.407 e. The third-order valence-corrected chi connectivity index (χ3v) is 5.73. The molecule has 2 aliphatic rings. The molecule has 1 spiro atoms. The lowest BCUT2D eigenvalue weighted by molar-refractivity contribution is 0.0453. The summed E-state index contributed by atoms with van der Waals surface area (Å²) in [6.45, 7) is 4.58. The molecular weight excluding hydrogens is 338 g/mol. The standard InChI is InChI=1S/C18H25N3O3S/c1-14-3-5-15(6-4-14)25-12-9-19-16(22)21-10-2-7-18(8-11-21)13-20-17(23)24-18/h3-6H,2,7-13H2,1H3,(H,19,22)(H,20,23)/t18-/m0/s1. The number of rotatable bonds is 4. The highest BCUT2D eigenvalue weighted by atomic mass is 32.2. The van der Waals surface area contributed by atoms with Crippen LogP contribution in [-0.2, 0) is 4.74 Å². The van der Waals surface area contributed by atoms with Gasteiger partial charge in [0.25, 0.3) is 0 Å². The predicted molar refractivity (Wildman–Crippen MR) is 97.9 cm³/mol.